The van der Waals surface area contributed by atoms with Gasteiger partial charge in [0.25, 0.3) is 0 Å². The molecule has 23 heavy (non-hydrogen) atoms. The summed E-state index contributed by atoms with van der Waals surface area (Å²) in [7, 11) is 0. The number of nitrogens with zero attached hydrogens (tertiary/aromatic N) is 1. The molecule has 1 heterocycles. The first-order valence-corrected chi connectivity index (χ1v) is 7.34. The van der Waals surface area contributed by atoms with Gasteiger partial charge in [0.1, 0.15) is 5.82 Å². The molecule has 0 aliphatic heterocycles. The Morgan fingerprint density at radius 3 is 2.83 bits per heavy atom. The molecule has 0 aliphatic carbocycles. The van der Waals surface area contributed by atoms with E-state index in [-0.39, 0.29) is 18.1 Å². The Hall–Kier alpha value is -2.95. The van der Waals surface area contributed by atoms with Gasteiger partial charge >= 0.3 is 0 Å². The molecule has 0 unspecified atom stereocenters. The van der Waals surface area contributed by atoms with Crippen LogP contribution in [0.15, 0.2) is 61.1 Å². The first-order chi connectivity index (χ1) is 11.2. The largest absolute Gasteiger partial charge is 0.345 e. The molecule has 0 atom stereocenters. The van der Waals surface area contributed by atoms with Gasteiger partial charge in [-0.2, -0.15) is 0 Å². The Balaban J connectivity index is 1.62. The minimum absolute atomic E-state index is 0.144. The molecular weight excluding hydrogens is 293 g/mol. The van der Waals surface area contributed by atoms with Crippen LogP contribution in [0.1, 0.15) is 12.0 Å². The summed E-state index contributed by atoms with van der Waals surface area (Å²) in [6.07, 6.45) is 3.93. The van der Waals surface area contributed by atoms with E-state index in [1.807, 2.05) is 24.3 Å². The van der Waals surface area contributed by atoms with Crippen LogP contribution in [0.3, 0.4) is 0 Å². The molecule has 0 saturated carbocycles. The van der Waals surface area contributed by atoms with Gasteiger partial charge < -0.3 is 10.3 Å². The van der Waals surface area contributed by atoms with E-state index in [4.69, 9.17) is 0 Å². The molecule has 5 heteroatoms. The maximum atomic E-state index is 13.5. The maximum absolute atomic E-state index is 13.5. The van der Waals surface area contributed by atoms with Crippen molar-refractivity contribution in [2.45, 2.75) is 12.8 Å². The van der Waals surface area contributed by atoms with E-state index in [1.54, 1.807) is 30.7 Å². The second-order valence-corrected chi connectivity index (χ2v) is 5.19. The molecule has 4 nitrogen and oxygen atoms in total. The summed E-state index contributed by atoms with van der Waals surface area (Å²) >= 11 is 0. The van der Waals surface area contributed by atoms with Crippen molar-refractivity contribution in [2.75, 3.05) is 5.32 Å². The molecule has 2 aromatic carbocycles. The predicted octanol–water partition coefficient (Wildman–Crippen LogP) is 3.79. The standard InChI is InChI=1S/C18H16FN3O/c19-16-7-2-1-4-13(16)8-9-18(23)22-15-6-3-5-14(10-15)17-11-20-12-21-17/h1-7,10-12H,8-9H2,(H,20,21)(H,22,23). The summed E-state index contributed by atoms with van der Waals surface area (Å²) in [6, 6.07) is 14.0. The molecule has 2 N–H and O–H groups in total. The van der Waals surface area contributed by atoms with Crippen molar-refractivity contribution in [3.8, 4) is 11.3 Å². The van der Waals surface area contributed by atoms with Crippen LogP contribution in [0.4, 0.5) is 10.1 Å². The number of rotatable bonds is 5. The molecule has 0 bridgehead atoms. The van der Waals surface area contributed by atoms with Gasteiger partial charge in [0.05, 0.1) is 18.2 Å². The van der Waals surface area contributed by atoms with Crippen LogP contribution in [-0.2, 0) is 11.2 Å². The van der Waals surface area contributed by atoms with E-state index in [9.17, 15) is 9.18 Å². The first kappa shape index (κ1) is 15.0. The summed E-state index contributed by atoms with van der Waals surface area (Å²) in [6.45, 7) is 0. The van der Waals surface area contributed by atoms with Gasteiger partial charge in [0.15, 0.2) is 0 Å². The number of carbonyl (C=O) groups excluding carboxylic acids is 1. The summed E-state index contributed by atoms with van der Waals surface area (Å²) in [5.41, 5.74) is 3.08. The minimum Gasteiger partial charge on any atom is -0.345 e. The normalized spacial score (nSPS) is 10.5. The number of halogens is 1. The number of aromatic amines is 1. The molecule has 1 aromatic heterocycles. The molecule has 0 radical (unpaired) electrons. The first-order valence-electron chi connectivity index (χ1n) is 7.34. The van der Waals surface area contributed by atoms with Crippen molar-refractivity contribution >= 4 is 11.6 Å². The zero-order valence-corrected chi connectivity index (χ0v) is 12.4. The number of benzene rings is 2. The number of imidazole rings is 1. The van der Waals surface area contributed by atoms with Crippen LogP contribution in [0.5, 0.6) is 0 Å². The minimum atomic E-state index is -0.276. The monoisotopic (exact) mass is 309 g/mol. The van der Waals surface area contributed by atoms with Crippen molar-refractivity contribution in [1.29, 1.82) is 0 Å². The van der Waals surface area contributed by atoms with Crippen molar-refractivity contribution in [1.82, 2.24) is 9.97 Å². The highest BCUT2D eigenvalue weighted by molar-refractivity contribution is 5.91. The zero-order chi connectivity index (χ0) is 16.1. The van der Waals surface area contributed by atoms with Crippen LogP contribution in [0.25, 0.3) is 11.3 Å². The van der Waals surface area contributed by atoms with Gasteiger partial charge in [-0.05, 0) is 30.2 Å². The van der Waals surface area contributed by atoms with Gasteiger partial charge in [-0.1, -0.05) is 30.3 Å². The van der Waals surface area contributed by atoms with Crippen molar-refractivity contribution in [3.63, 3.8) is 0 Å². The van der Waals surface area contributed by atoms with E-state index in [1.165, 1.54) is 6.07 Å². The van der Waals surface area contributed by atoms with Gasteiger partial charge in [-0.15, -0.1) is 0 Å². The quantitative estimate of drug-likeness (QED) is 0.753. The van der Waals surface area contributed by atoms with Crippen LogP contribution in [0, 0.1) is 5.82 Å². The van der Waals surface area contributed by atoms with E-state index >= 15 is 0 Å². The van der Waals surface area contributed by atoms with Gasteiger partial charge in [0.2, 0.25) is 5.91 Å². The number of hydrogen-bond donors (Lipinski definition) is 2. The summed E-state index contributed by atoms with van der Waals surface area (Å²) < 4.78 is 13.5. The Morgan fingerprint density at radius 1 is 1.17 bits per heavy atom. The summed E-state index contributed by atoms with van der Waals surface area (Å²) in [4.78, 5) is 19.0. The Bertz CT molecular complexity index is 800. The molecule has 0 saturated heterocycles. The smallest absolute Gasteiger partial charge is 0.224 e. The molecule has 0 fully saturated rings. The van der Waals surface area contributed by atoms with Crippen LogP contribution in [-0.4, -0.2) is 15.9 Å². The average molecular weight is 309 g/mol. The van der Waals surface area contributed by atoms with Crippen LogP contribution < -0.4 is 5.32 Å². The number of carbonyl (C=O) groups is 1. The molecule has 116 valence electrons. The van der Waals surface area contributed by atoms with Gasteiger partial charge in [0, 0.05) is 17.7 Å². The zero-order valence-electron chi connectivity index (χ0n) is 12.4. The second-order valence-electron chi connectivity index (χ2n) is 5.19. The highest BCUT2D eigenvalue weighted by Gasteiger charge is 2.07. The SMILES string of the molecule is O=C(CCc1ccccc1F)Nc1cccc(-c2cnc[nH]2)c1. The number of H-pyrrole nitrogens is 1. The van der Waals surface area contributed by atoms with E-state index < -0.39 is 0 Å². The number of nitrogens with one attached hydrogen (secondary N) is 2. The molecule has 3 rings (SSSR count). The number of hydrogen-bond acceptors (Lipinski definition) is 2. The highest BCUT2D eigenvalue weighted by atomic mass is 19.1. The third-order valence-electron chi connectivity index (χ3n) is 3.53. The lowest BCUT2D eigenvalue weighted by Gasteiger charge is -2.07. The highest BCUT2D eigenvalue weighted by Crippen LogP contribution is 2.20. The molecule has 0 aliphatic rings. The lowest BCUT2D eigenvalue weighted by molar-refractivity contribution is -0.116. The number of aromatic nitrogens is 2. The molecule has 0 spiro atoms. The average Bonchev–Trinajstić information content (AvgIpc) is 3.09. The second kappa shape index (κ2) is 6.87. The number of anilines is 1. The predicted molar refractivity (Wildman–Crippen MR) is 87.4 cm³/mol. The Labute approximate surface area is 133 Å². The fraction of sp³-hybridized carbons (Fsp3) is 0.111. The molecule has 3 aromatic rings. The third kappa shape index (κ3) is 3.83. The summed E-state index contributed by atoms with van der Waals surface area (Å²) in [5.74, 6) is -0.420. The molecular formula is C18H16FN3O. The number of aryl methyl sites for hydroxylation is 1. The van der Waals surface area contributed by atoms with E-state index in [0.29, 0.717) is 17.7 Å². The Morgan fingerprint density at radius 2 is 2.04 bits per heavy atom. The van der Waals surface area contributed by atoms with Crippen molar-refractivity contribution in [2.24, 2.45) is 0 Å². The van der Waals surface area contributed by atoms with Gasteiger partial charge in [-0.3, -0.25) is 4.79 Å². The Kier molecular flexibility index (Phi) is 4.47. The number of amides is 1. The van der Waals surface area contributed by atoms with Crippen molar-refractivity contribution in [3.05, 3.63) is 72.4 Å². The van der Waals surface area contributed by atoms with E-state index in [2.05, 4.69) is 15.3 Å². The lowest BCUT2D eigenvalue weighted by Crippen LogP contribution is -2.12. The molecule has 1 amide bonds. The lowest BCUT2D eigenvalue weighted by atomic mass is 10.1. The van der Waals surface area contributed by atoms with E-state index in [0.717, 1.165) is 11.3 Å². The fourth-order valence-corrected chi connectivity index (χ4v) is 2.35. The third-order valence-corrected chi connectivity index (χ3v) is 3.53. The van der Waals surface area contributed by atoms with Gasteiger partial charge in [-0.25, -0.2) is 9.37 Å². The van der Waals surface area contributed by atoms with Crippen LogP contribution >= 0.6 is 0 Å². The fourth-order valence-electron chi connectivity index (χ4n) is 2.35. The van der Waals surface area contributed by atoms with Crippen molar-refractivity contribution < 1.29 is 9.18 Å². The topological polar surface area (TPSA) is 57.8 Å². The van der Waals surface area contributed by atoms with Crippen LogP contribution in [0.2, 0.25) is 0 Å². The summed E-state index contributed by atoms with van der Waals surface area (Å²) in [5, 5.41) is 2.84. The maximum Gasteiger partial charge on any atom is 0.224 e.